The third kappa shape index (κ3) is 4.62. The van der Waals surface area contributed by atoms with Gasteiger partial charge in [0.2, 0.25) is 0 Å². The lowest BCUT2D eigenvalue weighted by molar-refractivity contribution is -0.127. The highest BCUT2D eigenvalue weighted by Crippen LogP contribution is 2.26. The first-order valence-electron chi connectivity index (χ1n) is 8.29. The van der Waals surface area contributed by atoms with Crippen LogP contribution in [-0.2, 0) is 4.79 Å². The number of carbonyl (C=O) groups excluding carboxylic acids is 1. The van der Waals surface area contributed by atoms with Crippen molar-refractivity contribution in [2.75, 3.05) is 6.54 Å². The van der Waals surface area contributed by atoms with Crippen molar-refractivity contribution in [3.8, 4) is 5.75 Å². The number of nitrogens with one attached hydrogen (secondary N) is 1. The molecule has 1 aromatic carbocycles. The molecule has 0 unspecified atom stereocenters. The van der Waals surface area contributed by atoms with Crippen molar-refractivity contribution in [1.29, 1.82) is 0 Å². The van der Waals surface area contributed by atoms with Crippen LogP contribution in [0.5, 0.6) is 5.75 Å². The predicted molar refractivity (Wildman–Crippen MR) is 90.2 cm³/mol. The monoisotopic (exact) mass is 301 g/mol. The maximum atomic E-state index is 12.2. The Bertz CT molecular complexity index is 534. The molecule has 3 heteroatoms. The quantitative estimate of drug-likeness (QED) is 0.800. The standard InChI is InChI=1S/C19H27NO2/c1-14(2)17-11-7-8-12-18(17)22-15(3)19(21)20-13-16-9-5-4-6-10-16/h7-9,11-12,14-15H,4-6,10,13H2,1-3H3,(H,20,21)/t15-/m0/s1. The van der Waals surface area contributed by atoms with Gasteiger partial charge in [-0.3, -0.25) is 4.79 Å². The van der Waals surface area contributed by atoms with E-state index in [1.54, 1.807) is 0 Å². The van der Waals surface area contributed by atoms with Crippen molar-refractivity contribution >= 4 is 5.91 Å². The van der Waals surface area contributed by atoms with Gasteiger partial charge >= 0.3 is 0 Å². The predicted octanol–water partition coefficient (Wildman–Crippen LogP) is 4.19. The Hall–Kier alpha value is -1.77. The van der Waals surface area contributed by atoms with Gasteiger partial charge in [0.25, 0.3) is 5.91 Å². The molecule has 0 spiro atoms. The minimum absolute atomic E-state index is 0.0509. The molecule has 0 fully saturated rings. The maximum absolute atomic E-state index is 12.2. The van der Waals surface area contributed by atoms with E-state index >= 15 is 0 Å². The molecule has 1 aromatic rings. The molecule has 0 aromatic heterocycles. The molecule has 1 atom stereocenters. The Kier molecular flexibility index (Phi) is 6.05. The van der Waals surface area contributed by atoms with E-state index in [1.807, 2.05) is 25.1 Å². The van der Waals surface area contributed by atoms with Gasteiger partial charge in [0.05, 0.1) is 0 Å². The van der Waals surface area contributed by atoms with Crippen LogP contribution in [0, 0.1) is 0 Å². The van der Waals surface area contributed by atoms with E-state index < -0.39 is 6.10 Å². The fourth-order valence-electron chi connectivity index (χ4n) is 2.72. The molecule has 0 saturated carbocycles. The van der Waals surface area contributed by atoms with Gasteiger partial charge in [-0.05, 0) is 50.2 Å². The molecular weight excluding hydrogens is 274 g/mol. The van der Waals surface area contributed by atoms with Crippen LogP contribution < -0.4 is 10.1 Å². The second-order valence-electron chi connectivity index (χ2n) is 6.28. The second kappa shape index (κ2) is 8.02. The Morgan fingerprint density at radius 2 is 2.00 bits per heavy atom. The van der Waals surface area contributed by atoms with Crippen molar-refractivity contribution in [2.24, 2.45) is 0 Å². The van der Waals surface area contributed by atoms with Gasteiger partial charge in [-0.1, -0.05) is 43.7 Å². The number of hydrogen-bond donors (Lipinski definition) is 1. The molecule has 0 radical (unpaired) electrons. The zero-order valence-corrected chi connectivity index (χ0v) is 13.9. The summed E-state index contributed by atoms with van der Waals surface area (Å²) < 4.78 is 5.88. The summed E-state index contributed by atoms with van der Waals surface area (Å²) in [5.74, 6) is 1.13. The number of carbonyl (C=O) groups is 1. The maximum Gasteiger partial charge on any atom is 0.261 e. The van der Waals surface area contributed by atoms with Crippen LogP contribution in [0.3, 0.4) is 0 Å². The first-order valence-corrected chi connectivity index (χ1v) is 8.29. The van der Waals surface area contributed by atoms with Crippen molar-refractivity contribution < 1.29 is 9.53 Å². The largest absolute Gasteiger partial charge is 0.481 e. The van der Waals surface area contributed by atoms with Gasteiger partial charge in [-0.15, -0.1) is 0 Å². The average molecular weight is 301 g/mol. The molecule has 0 bridgehead atoms. The minimum atomic E-state index is -0.482. The van der Waals surface area contributed by atoms with E-state index in [0.29, 0.717) is 12.5 Å². The molecule has 120 valence electrons. The minimum Gasteiger partial charge on any atom is -0.481 e. The zero-order valence-electron chi connectivity index (χ0n) is 13.9. The number of ether oxygens (including phenoxy) is 1. The van der Waals surface area contributed by atoms with Gasteiger partial charge in [0.1, 0.15) is 5.75 Å². The smallest absolute Gasteiger partial charge is 0.261 e. The van der Waals surface area contributed by atoms with Crippen LogP contribution in [0.1, 0.15) is 57.9 Å². The molecule has 1 N–H and O–H groups in total. The molecule has 0 heterocycles. The summed E-state index contributed by atoms with van der Waals surface area (Å²) in [7, 11) is 0. The third-order valence-corrected chi connectivity index (χ3v) is 4.09. The molecule has 2 rings (SSSR count). The highest BCUT2D eigenvalue weighted by molar-refractivity contribution is 5.81. The summed E-state index contributed by atoms with van der Waals surface area (Å²) in [5, 5.41) is 2.99. The first kappa shape index (κ1) is 16.6. The molecule has 3 nitrogen and oxygen atoms in total. The fourth-order valence-corrected chi connectivity index (χ4v) is 2.72. The third-order valence-electron chi connectivity index (χ3n) is 4.09. The van der Waals surface area contributed by atoms with Crippen molar-refractivity contribution in [1.82, 2.24) is 5.32 Å². The van der Waals surface area contributed by atoms with E-state index in [0.717, 1.165) is 24.2 Å². The summed E-state index contributed by atoms with van der Waals surface area (Å²) in [4.78, 5) is 12.2. The Labute approximate surface area is 133 Å². The summed E-state index contributed by atoms with van der Waals surface area (Å²) in [6.07, 6.45) is 6.51. The van der Waals surface area contributed by atoms with Crippen molar-refractivity contribution in [3.63, 3.8) is 0 Å². The van der Waals surface area contributed by atoms with Gasteiger partial charge in [-0.2, -0.15) is 0 Å². The molecule has 1 amide bonds. The van der Waals surface area contributed by atoms with E-state index in [-0.39, 0.29) is 5.91 Å². The van der Waals surface area contributed by atoms with Crippen LogP contribution in [0.15, 0.2) is 35.9 Å². The normalized spacial score (nSPS) is 16.1. The number of hydrogen-bond acceptors (Lipinski definition) is 2. The van der Waals surface area contributed by atoms with E-state index in [9.17, 15) is 4.79 Å². The number of para-hydroxylation sites is 1. The van der Waals surface area contributed by atoms with Gasteiger partial charge in [-0.25, -0.2) is 0 Å². The first-order chi connectivity index (χ1) is 10.6. The molecular formula is C19H27NO2. The summed E-state index contributed by atoms with van der Waals surface area (Å²) in [5.41, 5.74) is 2.48. The number of allylic oxidation sites excluding steroid dienone is 1. The van der Waals surface area contributed by atoms with Gasteiger partial charge in [0, 0.05) is 6.54 Å². The molecule has 1 aliphatic carbocycles. The molecule has 1 aliphatic rings. The average Bonchev–Trinajstić information content (AvgIpc) is 2.53. The van der Waals surface area contributed by atoms with Crippen LogP contribution in [0.4, 0.5) is 0 Å². The summed E-state index contributed by atoms with van der Waals surface area (Å²) >= 11 is 0. The van der Waals surface area contributed by atoms with Crippen molar-refractivity contribution in [2.45, 2.75) is 58.5 Å². The molecule has 0 aliphatic heterocycles. The van der Waals surface area contributed by atoms with Crippen molar-refractivity contribution in [3.05, 3.63) is 41.5 Å². The molecule has 0 saturated heterocycles. The lowest BCUT2D eigenvalue weighted by atomic mass is 10.00. The topological polar surface area (TPSA) is 38.3 Å². The van der Waals surface area contributed by atoms with Gasteiger partial charge in [0.15, 0.2) is 6.10 Å². The SMILES string of the molecule is CC(C)c1ccccc1O[C@@H](C)C(=O)NCC1=CCCCC1. The van der Waals surface area contributed by atoms with E-state index in [4.69, 9.17) is 4.74 Å². The zero-order chi connectivity index (χ0) is 15.9. The number of benzene rings is 1. The lowest BCUT2D eigenvalue weighted by Crippen LogP contribution is -2.37. The lowest BCUT2D eigenvalue weighted by Gasteiger charge is -2.19. The summed E-state index contributed by atoms with van der Waals surface area (Å²) in [6, 6.07) is 7.93. The van der Waals surface area contributed by atoms with E-state index in [2.05, 4.69) is 31.3 Å². The second-order valence-corrected chi connectivity index (χ2v) is 6.28. The number of rotatable bonds is 6. The van der Waals surface area contributed by atoms with Crippen LogP contribution in [0.25, 0.3) is 0 Å². The summed E-state index contributed by atoms with van der Waals surface area (Å²) in [6.45, 7) is 6.71. The Morgan fingerprint density at radius 3 is 2.68 bits per heavy atom. The highest BCUT2D eigenvalue weighted by atomic mass is 16.5. The van der Waals surface area contributed by atoms with Crippen LogP contribution in [-0.4, -0.2) is 18.6 Å². The fraction of sp³-hybridized carbons (Fsp3) is 0.526. The highest BCUT2D eigenvalue weighted by Gasteiger charge is 2.17. The van der Waals surface area contributed by atoms with Gasteiger partial charge < -0.3 is 10.1 Å². The van der Waals surface area contributed by atoms with Crippen LogP contribution in [0.2, 0.25) is 0 Å². The molecule has 22 heavy (non-hydrogen) atoms. The number of amides is 1. The van der Waals surface area contributed by atoms with E-state index in [1.165, 1.54) is 18.4 Å². The Morgan fingerprint density at radius 1 is 1.23 bits per heavy atom. The van der Waals surface area contributed by atoms with Crippen LogP contribution >= 0.6 is 0 Å². The Balaban J connectivity index is 1.90.